The summed E-state index contributed by atoms with van der Waals surface area (Å²) in [6.07, 6.45) is 0. The fourth-order valence-electron chi connectivity index (χ4n) is 2.43. The van der Waals surface area contributed by atoms with Crippen LogP contribution in [-0.4, -0.2) is 0 Å². The third-order valence-electron chi connectivity index (χ3n) is 4.96. The zero-order valence-corrected chi connectivity index (χ0v) is 23.1. The number of aryl methyl sites for hydroxylation is 8. The monoisotopic (exact) mass is 560 g/mol. The molecule has 3 aromatic rings. The van der Waals surface area contributed by atoms with Crippen LogP contribution in [0.1, 0.15) is 44.5 Å². The van der Waals surface area contributed by atoms with Crippen molar-refractivity contribution in [2.24, 2.45) is 0 Å². The van der Waals surface area contributed by atoms with Crippen LogP contribution in [-0.2, 0) is 21.1 Å². The van der Waals surface area contributed by atoms with Gasteiger partial charge >= 0.3 is 21.1 Å². The standard InChI is InChI=1S/C10H14.2C8H10.2CH3.W/c1-7-5-9(3)10(4)6-8(7)2;2*1-7-5-3-4-6-8(7)2;;;/h5-6H,1-4H3;2*3-6H,1-2H3;2*1H3;/q;;;2*-1;+2. The Kier molecular flexibility index (Phi) is 17.9. The molecule has 0 unspecified atom stereocenters. The molecular weight excluding hydrogens is 520 g/mol. The average Bonchev–Trinajstić information content (AvgIpc) is 2.60. The maximum atomic E-state index is 2.24. The van der Waals surface area contributed by atoms with Crippen molar-refractivity contribution in [3.8, 4) is 0 Å². The molecule has 3 rings (SSSR count). The van der Waals surface area contributed by atoms with Gasteiger partial charge in [0.25, 0.3) is 0 Å². The SMILES string of the molecule is Cc1cc(C)c(C)cc1C.Cc1ccccc1C.Cc1ccccc1C.[CH3-].[CH3-].[W+2]. The molecule has 1 heteroatoms. The van der Waals surface area contributed by atoms with Crippen molar-refractivity contribution in [3.05, 3.63) is 120 Å². The molecule has 0 saturated carbocycles. The summed E-state index contributed by atoms with van der Waals surface area (Å²) in [5.74, 6) is 0. The number of benzene rings is 3. The van der Waals surface area contributed by atoms with Gasteiger partial charge in [-0.3, -0.25) is 0 Å². The summed E-state index contributed by atoms with van der Waals surface area (Å²) in [6.45, 7) is 17.1. The Morgan fingerprint density at radius 3 is 0.655 bits per heavy atom. The molecule has 0 fully saturated rings. The van der Waals surface area contributed by atoms with Crippen LogP contribution in [0.25, 0.3) is 0 Å². The van der Waals surface area contributed by atoms with Gasteiger partial charge in [-0.05, 0) is 99.9 Å². The molecule has 0 aliphatic heterocycles. The van der Waals surface area contributed by atoms with E-state index in [1.807, 2.05) is 0 Å². The Morgan fingerprint density at radius 1 is 0.345 bits per heavy atom. The predicted octanol–water partition coefficient (Wildman–Crippen LogP) is 8.43. The van der Waals surface area contributed by atoms with E-state index in [0.29, 0.717) is 0 Å². The molecule has 0 saturated heterocycles. The van der Waals surface area contributed by atoms with E-state index in [1.165, 1.54) is 44.5 Å². The molecule has 0 spiro atoms. The molecule has 0 atom stereocenters. The van der Waals surface area contributed by atoms with Crippen molar-refractivity contribution in [3.63, 3.8) is 0 Å². The van der Waals surface area contributed by atoms with Crippen LogP contribution < -0.4 is 0 Å². The van der Waals surface area contributed by atoms with E-state index in [0.717, 1.165) is 0 Å². The summed E-state index contributed by atoms with van der Waals surface area (Å²) in [5, 5.41) is 0. The first-order valence-corrected chi connectivity index (χ1v) is 9.31. The average molecular weight is 560 g/mol. The van der Waals surface area contributed by atoms with Crippen LogP contribution in [0.5, 0.6) is 0 Å². The summed E-state index contributed by atoms with van der Waals surface area (Å²) >= 11 is 0. The Bertz CT molecular complexity index is 696. The first-order chi connectivity index (χ1) is 12.2. The van der Waals surface area contributed by atoms with Crippen LogP contribution >= 0.6 is 0 Å². The summed E-state index contributed by atoms with van der Waals surface area (Å²) < 4.78 is 0. The number of hydrogen-bond donors (Lipinski definition) is 0. The van der Waals surface area contributed by atoms with Crippen molar-refractivity contribution < 1.29 is 21.1 Å². The summed E-state index contributed by atoms with van der Waals surface area (Å²) in [4.78, 5) is 0. The first kappa shape index (κ1) is 32.0. The molecule has 0 N–H and O–H groups in total. The molecule has 0 heterocycles. The Balaban J connectivity index is -0.000000335. The molecule has 0 bridgehead atoms. The van der Waals surface area contributed by atoms with Gasteiger partial charge in [0.15, 0.2) is 0 Å². The summed E-state index contributed by atoms with van der Waals surface area (Å²) in [5.41, 5.74) is 11.0. The quantitative estimate of drug-likeness (QED) is 0.242. The second kappa shape index (κ2) is 16.2. The van der Waals surface area contributed by atoms with Gasteiger partial charge in [-0.1, -0.05) is 60.7 Å². The van der Waals surface area contributed by atoms with Crippen LogP contribution in [0.15, 0.2) is 60.7 Å². The minimum Gasteiger partial charge on any atom is -0.358 e. The van der Waals surface area contributed by atoms with Gasteiger partial charge in [0.1, 0.15) is 0 Å². The fraction of sp³-hybridized carbons (Fsp3) is 0.286. The fourth-order valence-corrected chi connectivity index (χ4v) is 2.43. The molecule has 0 radical (unpaired) electrons. The smallest absolute Gasteiger partial charge is 0.358 e. The van der Waals surface area contributed by atoms with Gasteiger partial charge in [0.05, 0.1) is 0 Å². The molecule has 29 heavy (non-hydrogen) atoms. The van der Waals surface area contributed by atoms with E-state index in [9.17, 15) is 0 Å². The van der Waals surface area contributed by atoms with E-state index in [1.54, 1.807) is 0 Å². The van der Waals surface area contributed by atoms with E-state index in [-0.39, 0.29) is 35.9 Å². The van der Waals surface area contributed by atoms with Gasteiger partial charge in [-0.2, -0.15) is 0 Å². The normalized spacial score (nSPS) is 8.55. The third kappa shape index (κ3) is 11.8. The molecule has 0 amide bonds. The molecule has 0 aromatic heterocycles. The number of hydrogen-bond acceptors (Lipinski definition) is 0. The summed E-state index contributed by atoms with van der Waals surface area (Å²) in [6, 6.07) is 21.2. The van der Waals surface area contributed by atoms with Gasteiger partial charge < -0.3 is 14.9 Å². The second-order valence-electron chi connectivity index (χ2n) is 7.19. The van der Waals surface area contributed by atoms with Gasteiger partial charge in [-0.15, -0.1) is 0 Å². The van der Waals surface area contributed by atoms with Crippen LogP contribution in [0.2, 0.25) is 0 Å². The predicted molar refractivity (Wildman–Crippen MR) is 130 cm³/mol. The summed E-state index contributed by atoms with van der Waals surface area (Å²) in [7, 11) is 0. The zero-order chi connectivity index (χ0) is 19.7. The largest absolute Gasteiger partial charge is 2.00 e. The molecule has 0 nitrogen and oxygen atoms in total. The van der Waals surface area contributed by atoms with Crippen molar-refractivity contribution in [1.29, 1.82) is 0 Å². The Labute approximate surface area is 196 Å². The second-order valence-corrected chi connectivity index (χ2v) is 7.19. The maximum Gasteiger partial charge on any atom is 2.00 e. The van der Waals surface area contributed by atoms with Crippen molar-refractivity contribution in [1.82, 2.24) is 0 Å². The molecule has 0 aliphatic carbocycles. The van der Waals surface area contributed by atoms with E-state index < -0.39 is 0 Å². The Hall–Kier alpha value is -1.65. The van der Waals surface area contributed by atoms with E-state index in [4.69, 9.17) is 0 Å². The van der Waals surface area contributed by atoms with Crippen LogP contribution in [0, 0.1) is 70.2 Å². The number of rotatable bonds is 0. The minimum absolute atomic E-state index is 0. The minimum atomic E-state index is 0. The van der Waals surface area contributed by atoms with Crippen molar-refractivity contribution in [2.75, 3.05) is 0 Å². The zero-order valence-electron chi connectivity index (χ0n) is 20.2. The molecule has 158 valence electrons. The maximum absolute atomic E-state index is 2.24. The van der Waals surface area contributed by atoms with Crippen molar-refractivity contribution in [2.45, 2.75) is 55.4 Å². The van der Waals surface area contributed by atoms with Crippen LogP contribution in [0.3, 0.4) is 0 Å². The van der Waals surface area contributed by atoms with Gasteiger partial charge in [-0.25, -0.2) is 0 Å². The third-order valence-corrected chi connectivity index (χ3v) is 4.96. The first-order valence-electron chi connectivity index (χ1n) is 9.31. The topological polar surface area (TPSA) is 0 Å². The van der Waals surface area contributed by atoms with Crippen LogP contribution in [0.4, 0.5) is 0 Å². The van der Waals surface area contributed by atoms with Gasteiger partial charge in [0.2, 0.25) is 0 Å². The molecule has 0 aliphatic rings. The molecular formula is C28H40W. The molecule has 3 aromatic carbocycles. The Morgan fingerprint density at radius 2 is 0.517 bits per heavy atom. The van der Waals surface area contributed by atoms with E-state index in [2.05, 4.69) is 116 Å². The van der Waals surface area contributed by atoms with Gasteiger partial charge in [0, 0.05) is 0 Å². The van der Waals surface area contributed by atoms with E-state index >= 15 is 0 Å². The van der Waals surface area contributed by atoms with Crippen molar-refractivity contribution >= 4 is 0 Å².